The van der Waals surface area contributed by atoms with Crippen LogP contribution in [0.2, 0.25) is 0 Å². The molecule has 0 aliphatic heterocycles. The molecule has 1 aromatic heterocycles. The van der Waals surface area contributed by atoms with Gasteiger partial charge in [-0.1, -0.05) is 6.92 Å². The lowest BCUT2D eigenvalue weighted by Crippen LogP contribution is -2.48. The fourth-order valence-electron chi connectivity index (χ4n) is 2.42. The fourth-order valence-corrected chi connectivity index (χ4v) is 2.42. The van der Waals surface area contributed by atoms with Crippen molar-refractivity contribution in [3.05, 3.63) is 24.1 Å². The Morgan fingerprint density at radius 1 is 1.47 bits per heavy atom. The Morgan fingerprint density at radius 2 is 2.18 bits per heavy atom. The van der Waals surface area contributed by atoms with Crippen molar-refractivity contribution in [2.75, 3.05) is 11.9 Å². The quantitative estimate of drug-likeness (QED) is 0.849. The normalized spacial score (nSPS) is 29.0. The zero-order chi connectivity index (χ0) is 12.3. The summed E-state index contributed by atoms with van der Waals surface area (Å²) in [5.74, 6) is 1.18. The molecule has 2 rings (SSSR count). The summed E-state index contributed by atoms with van der Waals surface area (Å²) in [5.41, 5.74) is 5.84. The van der Waals surface area contributed by atoms with E-state index in [9.17, 15) is 4.39 Å². The Morgan fingerprint density at radius 3 is 2.71 bits per heavy atom. The van der Waals surface area contributed by atoms with Gasteiger partial charge >= 0.3 is 0 Å². The van der Waals surface area contributed by atoms with Gasteiger partial charge in [-0.2, -0.15) is 0 Å². The van der Waals surface area contributed by atoms with Crippen molar-refractivity contribution in [3.8, 4) is 0 Å². The summed E-state index contributed by atoms with van der Waals surface area (Å²) in [6.45, 7) is 2.87. The number of hydrogen-bond donors (Lipinski definition) is 2. The van der Waals surface area contributed by atoms with Crippen molar-refractivity contribution in [2.24, 2.45) is 11.7 Å². The minimum Gasteiger partial charge on any atom is -0.363 e. The molecule has 0 atom stereocenters. The second kappa shape index (κ2) is 5.00. The number of halogens is 1. The molecule has 3 nitrogen and oxygen atoms in total. The van der Waals surface area contributed by atoms with Gasteiger partial charge in [0, 0.05) is 6.54 Å². The minimum atomic E-state index is -0.311. The molecule has 4 heteroatoms. The first-order chi connectivity index (χ1) is 8.13. The van der Waals surface area contributed by atoms with E-state index in [-0.39, 0.29) is 11.4 Å². The van der Waals surface area contributed by atoms with Crippen LogP contribution < -0.4 is 11.1 Å². The molecule has 0 radical (unpaired) electrons. The van der Waals surface area contributed by atoms with Crippen LogP contribution in [0.3, 0.4) is 0 Å². The standard InChI is InChI=1S/C13H20FN3/c1-10-4-6-13(9-15,7-5-10)17-12-3-2-11(14)8-16-12/h2-3,8,10H,4-7,9,15H2,1H3,(H,16,17). The monoisotopic (exact) mass is 237 g/mol. The third-order valence-electron chi connectivity index (χ3n) is 3.74. The molecule has 0 aromatic carbocycles. The summed E-state index contributed by atoms with van der Waals surface area (Å²) in [7, 11) is 0. The number of nitrogens with one attached hydrogen (secondary N) is 1. The average Bonchev–Trinajstić information content (AvgIpc) is 2.35. The van der Waals surface area contributed by atoms with Gasteiger partial charge in [0.1, 0.15) is 11.6 Å². The highest BCUT2D eigenvalue weighted by Gasteiger charge is 2.32. The maximum absolute atomic E-state index is 12.8. The smallest absolute Gasteiger partial charge is 0.141 e. The average molecular weight is 237 g/mol. The number of aromatic nitrogens is 1. The second-order valence-electron chi connectivity index (χ2n) is 5.15. The van der Waals surface area contributed by atoms with Gasteiger partial charge in [0.25, 0.3) is 0 Å². The van der Waals surface area contributed by atoms with Crippen LogP contribution in [0.1, 0.15) is 32.6 Å². The highest BCUT2D eigenvalue weighted by molar-refractivity contribution is 5.37. The van der Waals surface area contributed by atoms with Crippen LogP contribution in [0.15, 0.2) is 18.3 Å². The highest BCUT2D eigenvalue weighted by atomic mass is 19.1. The van der Waals surface area contributed by atoms with Crippen LogP contribution in [-0.4, -0.2) is 17.1 Å². The lowest BCUT2D eigenvalue weighted by molar-refractivity contribution is 0.271. The fraction of sp³-hybridized carbons (Fsp3) is 0.615. The van der Waals surface area contributed by atoms with Crippen LogP contribution in [0.5, 0.6) is 0 Å². The Bertz CT molecular complexity index is 355. The third-order valence-corrected chi connectivity index (χ3v) is 3.74. The highest BCUT2D eigenvalue weighted by Crippen LogP contribution is 2.33. The molecule has 1 fully saturated rings. The van der Waals surface area contributed by atoms with Gasteiger partial charge in [-0.3, -0.25) is 0 Å². The third kappa shape index (κ3) is 2.94. The van der Waals surface area contributed by atoms with Crippen molar-refractivity contribution >= 4 is 5.82 Å². The van der Waals surface area contributed by atoms with Crippen LogP contribution in [0.25, 0.3) is 0 Å². The first-order valence-corrected chi connectivity index (χ1v) is 6.23. The molecular formula is C13H20FN3. The zero-order valence-electron chi connectivity index (χ0n) is 10.2. The summed E-state index contributed by atoms with van der Waals surface area (Å²) in [6, 6.07) is 3.09. The van der Waals surface area contributed by atoms with E-state index in [1.807, 2.05) is 0 Å². The molecule has 0 spiro atoms. The molecule has 94 valence electrons. The van der Waals surface area contributed by atoms with Gasteiger partial charge in [-0.15, -0.1) is 0 Å². The summed E-state index contributed by atoms with van der Waals surface area (Å²) in [5, 5.41) is 3.39. The molecule has 1 aromatic rings. The SMILES string of the molecule is CC1CCC(CN)(Nc2ccc(F)cn2)CC1. The zero-order valence-corrected chi connectivity index (χ0v) is 10.2. The molecule has 1 saturated carbocycles. The summed E-state index contributed by atoms with van der Waals surface area (Å²) in [6.07, 6.45) is 5.72. The summed E-state index contributed by atoms with van der Waals surface area (Å²) >= 11 is 0. The summed E-state index contributed by atoms with van der Waals surface area (Å²) in [4.78, 5) is 4.04. The first-order valence-electron chi connectivity index (χ1n) is 6.23. The summed E-state index contributed by atoms with van der Waals surface area (Å²) < 4.78 is 12.8. The van der Waals surface area contributed by atoms with Gasteiger partial charge in [0.2, 0.25) is 0 Å². The van der Waals surface area contributed by atoms with Gasteiger partial charge in [0.05, 0.1) is 11.7 Å². The predicted octanol–water partition coefficient (Wildman–Crippen LogP) is 2.54. The maximum Gasteiger partial charge on any atom is 0.141 e. The Kier molecular flexibility index (Phi) is 3.62. The van der Waals surface area contributed by atoms with Gasteiger partial charge in [-0.05, 0) is 43.7 Å². The molecule has 17 heavy (non-hydrogen) atoms. The second-order valence-corrected chi connectivity index (χ2v) is 5.15. The number of pyridine rings is 1. The molecule has 1 aliphatic carbocycles. The first kappa shape index (κ1) is 12.3. The molecule has 1 aliphatic rings. The molecule has 0 unspecified atom stereocenters. The van der Waals surface area contributed by atoms with E-state index >= 15 is 0 Å². The van der Waals surface area contributed by atoms with Gasteiger partial charge < -0.3 is 11.1 Å². The minimum absolute atomic E-state index is 0.0582. The van der Waals surface area contributed by atoms with Crippen LogP contribution in [-0.2, 0) is 0 Å². The lowest BCUT2D eigenvalue weighted by Gasteiger charge is -2.39. The van der Waals surface area contributed by atoms with E-state index in [2.05, 4.69) is 17.2 Å². The molecule has 0 bridgehead atoms. The van der Waals surface area contributed by atoms with Gasteiger partial charge in [0.15, 0.2) is 0 Å². The van der Waals surface area contributed by atoms with Crippen LogP contribution in [0, 0.1) is 11.7 Å². The van der Waals surface area contributed by atoms with Crippen LogP contribution in [0.4, 0.5) is 10.2 Å². The van der Waals surface area contributed by atoms with Crippen molar-refractivity contribution in [2.45, 2.75) is 38.1 Å². The van der Waals surface area contributed by atoms with Gasteiger partial charge in [-0.25, -0.2) is 9.37 Å². The Hall–Kier alpha value is -1.16. The topological polar surface area (TPSA) is 50.9 Å². The van der Waals surface area contributed by atoms with E-state index in [0.29, 0.717) is 12.4 Å². The van der Waals surface area contributed by atoms with E-state index < -0.39 is 0 Å². The number of anilines is 1. The number of hydrogen-bond acceptors (Lipinski definition) is 3. The largest absolute Gasteiger partial charge is 0.363 e. The van der Waals surface area contributed by atoms with Crippen molar-refractivity contribution < 1.29 is 4.39 Å². The van der Waals surface area contributed by atoms with E-state index in [4.69, 9.17) is 5.73 Å². The molecule has 0 saturated heterocycles. The molecular weight excluding hydrogens is 217 g/mol. The molecule has 1 heterocycles. The molecule has 0 amide bonds. The maximum atomic E-state index is 12.8. The number of nitrogens with two attached hydrogens (primary N) is 1. The predicted molar refractivity (Wildman–Crippen MR) is 67.2 cm³/mol. The van der Waals surface area contributed by atoms with Crippen molar-refractivity contribution in [1.82, 2.24) is 4.98 Å². The number of rotatable bonds is 3. The number of nitrogens with zero attached hydrogens (tertiary/aromatic N) is 1. The van der Waals surface area contributed by atoms with Crippen molar-refractivity contribution in [1.29, 1.82) is 0 Å². The molecule has 3 N–H and O–H groups in total. The van der Waals surface area contributed by atoms with E-state index in [1.54, 1.807) is 6.07 Å². The Labute approximate surface area is 102 Å². The van der Waals surface area contributed by atoms with Crippen molar-refractivity contribution in [3.63, 3.8) is 0 Å². The van der Waals surface area contributed by atoms with E-state index in [0.717, 1.165) is 18.8 Å². The Balaban J connectivity index is 2.06. The van der Waals surface area contributed by atoms with E-state index in [1.165, 1.54) is 25.1 Å². The lowest BCUT2D eigenvalue weighted by atomic mass is 9.77. The van der Waals surface area contributed by atoms with Crippen LogP contribution >= 0.6 is 0 Å².